The van der Waals surface area contributed by atoms with E-state index in [1.807, 2.05) is 70.2 Å². The van der Waals surface area contributed by atoms with Crippen molar-refractivity contribution in [3.05, 3.63) is 81.2 Å². The second kappa shape index (κ2) is 11.4. The highest BCUT2D eigenvalue weighted by atomic mass is 35.5. The molecule has 2 aliphatic rings. The lowest BCUT2D eigenvalue weighted by molar-refractivity contribution is -0.143. The average Bonchev–Trinajstić information content (AvgIpc) is 2.86. The number of halogens is 1. The van der Waals surface area contributed by atoms with E-state index in [1.165, 1.54) is 0 Å². The Bertz CT molecular complexity index is 1250. The van der Waals surface area contributed by atoms with Crippen molar-refractivity contribution in [2.24, 2.45) is 0 Å². The van der Waals surface area contributed by atoms with Crippen molar-refractivity contribution in [2.45, 2.75) is 64.9 Å². The number of carbonyl (C=O) groups is 2. The number of hydrogen-bond acceptors (Lipinski definition) is 6. The number of Topliss-reactive ketones (excluding diaryl/α,β-unsaturated/α-hetero) is 1. The Labute approximate surface area is 223 Å². The monoisotopic (exact) mass is 523 g/mol. The second-order valence-electron chi connectivity index (χ2n) is 9.78. The van der Waals surface area contributed by atoms with Gasteiger partial charge in [0.2, 0.25) is 0 Å². The maximum Gasteiger partial charge on any atom is 0.337 e. The van der Waals surface area contributed by atoms with Crippen LogP contribution < -0.4 is 14.8 Å². The summed E-state index contributed by atoms with van der Waals surface area (Å²) < 4.78 is 17.1. The largest absolute Gasteiger partial charge is 0.493 e. The van der Waals surface area contributed by atoms with Crippen molar-refractivity contribution >= 4 is 23.4 Å². The molecule has 1 heterocycles. The Kier molecular flexibility index (Phi) is 8.28. The molecule has 196 valence electrons. The number of allylic oxidation sites excluding steroid dienone is 3. The first kappa shape index (κ1) is 26.8. The quantitative estimate of drug-likeness (QED) is 0.401. The zero-order valence-electron chi connectivity index (χ0n) is 22.0. The fourth-order valence-electron chi connectivity index (χ4n) is 5.09. The van der Waals surface area contributed by atoms with Crippen molar-refractivity contribution < 1.29 is 23.8 Å². The molecule has 4 rings (SSSR count). The van der Waals surface area contributed by atoms with Crippen LogP contribution in [0.5, 0.6) is 11.5 Å². The van der Waals surface area contributed by atoms with Gasteiger partial charge in [0.1, 0.15) is 0 Å². The molecule has 0 saturated carbocycles. The number of dihydropyridines is 1. The topological polar surface area (TPSA) is 73.9 Å². The summed E-state index contributed by atoms with van der Waals surface area (Å²) in [7, 11) is 1.59. The highest BCUT2D eigenvalue weighted by Crippen LogP contribution is 2.47. The molecule has 0 bridgehead atoms. The minimum Gasteiger partial charge on any atom is -0.493 e. The van der Waals surface area contributed by atoms with E-state index in [-0.39, 0.29) is 17.8 Å². The number of nitrogens with one attached hydrogen (secondary N) is 1. The van der Waals surface area contributed by atoms with Crippen molar-refractivity contribution in [3.8, 4) is 11.5 Å². The number of ketones is 1. The third-order valence-electron chi connectivity index (χ3n) is 6.71. The predicted molar refractivity (Wildman–Crippen MR) is 144 cm³/mol. The molecule has 0 saturated heterocycles. The summed E-state index contributed by atoms with van der Waals surface area (Å²) in [6.07, 6.45) is 1.57. The van der Waals surface area contributed by atoms with Gasteiger partial charge in [-0.05, 0) is 74.9 Å². The van der Waals surface area contributed by atoms with Gasteiger partial charge in [-0.2, -0.15) is 0 Å². The third kappa shape index (κ3) is 5.69. The summed E-state index contributed by atoms with van der Waals surface area (Å²) in [6, 6.07) is 13.3. The van der Waals surface area contributed by atoms with Gasteiger partial charge in [-0.1, -0.05) is 36.7 Å². The lowest BCUT2D eigenvalue weighted by Crippen LogP contribution is -2.36. The van der Waals surface area contributed by atoms with Crippen molar-refractivity contribution in [2.75, 3.05) is 13.7 Å². The molecule has 1 aliphatic carbocycles. The molecule has 2 unspecified atom stereocenters. The van der Waals surface area contributed by atoms with Gasteiger partial charge >= 0.3 is 5.97 Å². The van der Waals surface area contributed by atoms with Crippen LogP contribution in [0.25, 0.3) is 0 Å². The Balaban J connectivity index is 1.80. The summed E-state index contributed by atoms with van der Waals surface area (Å²) in [5.41, 5.74) is 4.41. The molecular formula is C30H34ClNO5. The van der Waals surface area contributed by atoms with Gasteiger partial charge in [0.25, 0.3) is 0 Å². The molecule has 2 aromatic rings. The van der Waals surface area contributed by atoms with E-state index in [1.54, 1.807) is 7.11 Å². The lowest BCUT2D eigenvalue weighted by Gasteiger charge is -2.37. The molecule has 2 atom stereocenters. The molecule has 6 nitrogen and oxygen atoms in total. The van der Waals surface area contributed by atoms with E-state index in [2.05, 4.69) is 5.32 Å². The van der Waals surface area contributed by atoms with Crippen molar-refractivity contribution in [1.29, 1.82) is 0 Å². The SMILES string of the molecule is CCCOc1ccc(C2C(C(=O)OC(C)C)=C(C)NC3=C2C(=O)CC(c2ccc(Cl)cc2)C3)cc1OC. The Morgan fingerprint density at radius 1 is 1.08 bits per heavy atom. The van der Waals surface area contributed by atoms with Crippen LogP contribution >= 0.6 is 11.6 Å². The molecule has 2 aromatic carbocycles. The number of rotatable bonds is 8. The lowest BCUT2D eigenvalue weighted by atomic mass is 9.71. The Hall–Kier alpha value is -3.25. The molecular weight excluding hydrogens is 490 g/mol. The Morgan fingerprint density at radius 3 is 2.43 bits per heavy atom. The molecule has 0 radical (unpaired) electrons. The summed E-state index contributed by atoms with van der Waals surface area (Å²) in [4.78, 5) is 27.1. The zero-order chi connectivity index (χ0) is 26.7. The van der Waals surface area contributed by atoms with Crippen LogP contribution in [0.3, 0.4) is 0 Å². The van der Waals surface area contributed by atoms with E-state index < -0.39 is 11.9 Å². The molecule has 7 heteroatoms. The van der Waals surface area contributed by atoms with E-state index in [0.717, 1.165) is 23.2 Å². The van der Waals surface area contributed by atoms with Crippen molar-refractivity contribution in [3.63, 3.8) is 0 Å². The van der Waals surface area contributed by atoms with E-state index in [9.17, 15) is 9.59 Å². The zero-order valence-corrected chi connectivity index (χ0v) is 22.8. The second-order valence-corrected chi connectivity index (χ2v) is 10.2. The highest BCUT2D eigenvalue weighted by molar-refractivity contribution is 6.30. The fourth-order valence-corrected chi connectivity index (χ4v) is 5.21. The fraction of sp³-hybridized carbons (Fsp3) is 0.400. The predicted octanol–water partition coefficient (Wildman–Crippen LogP) is 6.45. The number of methoxy groups -OCH3 is 1. The summed E-state index contributed by atoms with van der Waals surface area (Å²) in [5.74, 6) is 0.202. The van der Waals surface area contributed by atoms with Crippen LogP contribution in [0.4, 0.5) is 0 Å². The normalized spacial score (nSPS) is 19.5. The summed E-state index contributed by atoms with van der Waals surface area (Å²) in [6.45, 7) is 8.09. The number of hydrogen-bond donors (Lipinski definition) is 1. The number of benzene rings is 2. The van der Waals surface area contributed by atoms with Crippen LogP contribution in [0.1, 0.15) is 69.9 Å². The van der Waals surface area contributed by atoms with E-state index >= 15 is 0 Å². The first-order chi connectivity index (χ1) is 17.7. The molecule has 0 aromatic heterocycles. The number of carbonyl (C=O) groups excluding carboxylic acids is 2. The molecule has 1 aliphatic heterocycles. The maximum absolute atomic E-state index is 13.8. The van der Waals surface area contributed by atoms with Crippen LogP contribution in [0, 0.1) is 0 Å². The van der Waals surface area contributed by atoms with Gasteiger partial charge in [-0.3, -0.25) is 4.79 Å². The molecule has 0 fully saturated rings. The molecule has 0 spiro atoms. The third-order valence-corrected chi connectivity index (χ3v) is 6.97. The van der Waals surface area contributed by atoms with Crippen LogP contribution in [-0.4, -0.2) is 31.6 Å². The summed E-state index contributed by atoms with van der Waals surface area (Å²) >= 11 is 6.08. The van der Waals surface area contributed by atoms with E-state index in [4.69, 9.17) is 25.8 Å². The first-order valence-corrected chi connectivity index (χ1v) is 13.1. The highest BCUT2D eigenvalue weighted by Gasteiger charge is 2.41. The minimum atomic E-state index is -0.574. The molecule has 0 amide bonds. The average molecular weight is 524 g/mol. The summed E-state index contributed by atoms with van der Waals surface area (Å²) in [5, 5.41) is 4.05. The van der Waals surface area contributed by atoms with Gasteiger partial charge in [0.15, 0.2) is 17.3 Å². The van der Waals surface area contributed by atoms with Crippen LogP contribution in [0.2, 0.25) is 5.02 Å². The van der Waals surface area contributed by atoms with Crippen LogP contribution in [0.15, 0.2) is 65.0 Å². The van der Waals surface area contributed by atoms with Gasteiger partial charge in [0.05, 0.1) is 25.4 Å². The molecule has 1 N–H and O–H groups in total. The number of ether oxygens (including phenoxy) is 3. The maximum atomic E-state index is 13.8. The van der Waals surface area contributed by atoms with Crippen molar-refractivity contribution in [1.82, 2.24) is 5.32 Å². The Morgan fingerprint density at radius 2 is 1.78 bits per heavy atom. The van der Waals surface area contributed by atoms with E-state index in [0.29, 0.717) is 52.8 Å². The van der Waals surface area contributed by atoms with Gasteiger partial charge in [0, 0.05) is 34.3 Å². The smallest absolute Gasteiger partial charge is 0.337 e. The van der Waals surface area contributed by atoms with Gasteiger partial charge in [-0.15, -0.1) is 0 Å². The number of esters is 1. The first-order valence-electron chi connectivity index (χ1n) is 12.7. The van der Waals surface area contributed by atoms with Gasteiger partial charge < -0.3 is 19.5 Å². The van der Waals surface area contributed by atoms with Gasteiger partial charge in [-0.25, -0.2) is 4.79 Å². The molecule has 37 heavy (non-hydrogen) atoms. The standard InChI is InChI=1S/C30H34ClNO5/c1-6-13-36-25-12-9-20(16-26(25)35-5)28-27(30(34)37-17(2)3)18(4)32-23-14-21(15-24(33)29(23)28)19-7-10-22(31)11-8-19/h7-12,16-17,21,28,32H,6,13-15H2,1-5H3. The minimum absolute atomic E-state index is 0.00585. The van der Waals surface area contributed by atoms with Crippen LogP contribution in [-0.2, 0) is 14.3 Å².